The van der Waals surface area contributed by atoms with Gasteiger partial charge in [0.05, 0.1) is 7.11 Å². The van der Waals surface area contributed by atoms with Gasteiger partial charge in [0.2, 0.25) is 0 Å². The van der Waals surface area contributed by atoms with Gasteiger partial charge in [0.15, 0.2) is 0 Å². The summed E-state index contributed by atoms with van der Waals surface area (Å²) >= 11 is 0. The second kappa shape index (κ2) is 7.70. The monoisotopic (exact) mass is 433 g/mol. The van der Waals surface area contributed by atoms with Crippen LogP contribution >= 0.6 is 0 Å². The molecule has 2 nitrogen and oxygen atoms in total. The van der Waals surface area contributed by atoms with Crippen molar-refractivity contribution >= 4 is 5.57 Å². The van der Waals surface area contributed by atoms with Gasteiger partial charge >= 0.3 is 0 Å². The predicted octanol–water partition coefficient (Wildman–Crippen LogP) is 6.02. The van der Waals surface area contributed by atoms with Crippen LogP contribution in [-0.4, -0.2) is 18.7 Å². The molecule has 1 aliphatic heterocycles. The Morgan fingerprint density at radius 1 is 1.09 bits per heavy atom. The third-order valence-electron chi connectivity index (χ3n) is 7.11. The summed E-state index contributed by atoms with van der Waals surface area (Å²) in [5.74, 6) is 0.0587. The molecule has 0 saturated carbocycles. The first-order chi connectivity index (χ1) is 15.3. The van der Waals surface area contributed by atoms with E-state index < -0.39 is 11.6 Å². The average Bonchev–Trinajstić information content (AvgIpc) is 2.74. The minimum atomic E-state index is -0.471. The van der Waals surface area contributed by atoms with Crippen molar-refractivity contribution in [1.82, 2.24) is 5.32 Å². The minimum absolute atomic E-state index is 0.000168. The van der Waals surface area contributed by atoms with Crippen LogP contribution in [0.25, 0.3) is 5.57 Å². The van der Waals surface area contributed by atoms with Crippen molar-refractivity contribution in [3.05, 3.63) is 94.1 Å². The fraction of sp³-hybridized carbons (Fsp3) is 0.357. The number of methoxy groups -OCH3 is 1. The maximum atomic E-state index is 14.6. The fourth-order valence-electron chi connectivity index (χ4n) is 6.01. The van der Waals surface area contributed by atoms with E-state index in [1.54, 1.807) is 7.11 Å². The normalized spacial score (nSPS) is 25.6. The van der Waals surface area contributed by atoms with Crippen molar-refractivity contribution in [2.45, 2.75) is 45.2 Å². The third kappa shape index (κ3) is 3.41. The molecule has 3 unspecified atom stereocenters. The standard InChI is InChI=1S/C28H29F2NO/c1-16-15-28(2,3)31-23-12-11-19-26-17(7-5-10-24(26)32-4)13-18(27(19)25(16)23)14-20-21(29)8-6-9-22(20)30/h5-12,15,18,23,25,31H,13-14H2,1-4H3. The van der Waals surface area contributed by atoms with Gasteiger partial charge in [0.1, 0.15) is 17.4 Å². The number of allylic oxidation sites excluding steroid dienone is 2. The highest BCUT2D eigenvalue weighted by molar-refractivity contribution is 5.86. The second-order valence-corrected chi connectivity index (χ2v) is 9.79. The van der Waals surface area contributed by atoms with E-state index in [2.05, 4.69) is 50.4 Å². The molecule has 5 rings (SSSR count). The Morgan fingerprint density at radius 3 is 2.53 bits per heavy atom. The summed E-state index contributed by atoms with van der Waals surface area (Å²) < 4.78 is 35.0. The Kier molecular flexibility index (Phi) is 5.09. The third-order valence-corrected chi connectivity index (χ3v) is 7.11. The highest BCUT2D eigenvalue weighted by Crippen LogP contribution is 2.50. The van der Waals surface area contributed by atoms with Crippen LogP contribution in [0.4, 0.5) is 8.78 Å². The van der Waals surface area contributed by atoms with Gasteiger partial charge in [-0.3, -0.25) is 0 Å². The van der Waals surface area contributed by atoms with Gasteiger partial charge in [-0.15, -0.1) is 0 Å². The minimum Gasteiger partial charge on any atom is -0.496 e. The van der Waals surface area contributed by atoms with Crippen molar-refractivity contribution in [1.29, 1.82) is 0 Å². The quantitative estimate of drug-likeness (QED) is 0.597. The van der Waals surface area contributed by atoms with Crippen LogP contribution < -0.4 is 10.1 Å². The molecule has 0 fully saturated rings. The van der Waals surface area contributed by atoms with Crippen molar-refractivity contribution in [2.24, 2.45) is 11.8 Å². The summed E-state index contributed by atoms with van der Waals surface area (Å²) in [6.45, 7) is 6.54. The van der Waals surface area contributed by atoms with Gasteiger partial charge in [-0.05, 0) is 74.4 Å². The van der Waals surface area contributed by atoms with Gasteiger partial charge in [0, 0.05) is 28.6 Å². The van der Waals surface area contributed by atoms with E-state index in [0.717, 1.165) is 23.3 Å². The summed E-state index contributed by atoms with van der Waals surface area (Å²) in [7, 11) is 1.70. The molecule has 4 heteroatoms. The van der Waals surface area contributed by atoms with E-state index in [9.17, 15) is 8.78 Å². The molecule has 1 heterocycles. The average molecular weight is 434 g/mol. The van der Waals surface area contributed by atoms with Crippen LogP contribution in [0, 0.1) is 23.5 Å². The molecular weight excluding hydrogens is 404 g/mol. The Labute approximate surface area is 188 Å². The van der Waals surface area contributed by atoms with E-state index in [1.165, 1.54) is 34.9 Å². The zero-order valence-electron chi connectivity index (χ0n) is 19.0. The lowest BCUT2D eigenvalue weighted by Crippen LogP contribution is -2.53. The predicted molar refractivity (Wildman–Crippen MR) is 125 cm³/mol. The van der Waals surface area contributed by atoms with Crippen molar-refractivity contribution in [3.8, 4) is 5.75 Å². The molecule has 0 bridgehead atoms. The SMILES string of the molecule is COc1cccc2c1C1=C(C(Cc3c(F)cccc3F)C2)C2C(C)=CC(C)(C)NC2C=C1. The summed E-state index contributed by atoms with van der Waals surface area (Å²) in [4.78, 5) is 0. The molecule has 166 valence electrons. The van der Waals surface area contributed by atoms with Crippen molar-refractivity contribution in [3.63, 3.8) is 0 Å². The number of hydrogen-bond acceptors (Lipinski definition) is 2. The maximum absolute atomic E-state index is 14.6. The van der Waals surface area contributed by atoms with Crippen LogP contribution in [0.2, 0.25) is 0 Å². The zero-order chi connectivity index (χ0) is 22.6. The van der Waals surface area contributed by atoms with Crippen LogP contribution in [0.5, 0.6) is 5.75 Å². The highest BCUT2D eigenvalue weighted by Gasteiger charge is 2.42. The summed E-state index contributed by atoms with van der Waals surface area (Å²) in [6, 6.07) is 10.4. The molecule has 3 aliphatic rings. The molecule has 1 N–H and O–H groups in total. The molecule has 0 aromatic heterocycles. The van der Waals surface area contributed by atoms with E-state index in [-0.39, 0.29) is 29.0 Å². The first kappa shape index (κ1) is 21.1. The molecule has 2 aromatic rings. The summed E-state index contributed by atoms with van der Waals surface area (Å²) in [6.07, 6.45) is 7.78. The van der Waals surface area contributed by atoms with E-state index in [1.807, 2.05) is 12.1 Å². The number of rotatable bonds is 3. The number of benzene rings is 2. The van der Waals surface area contributed by atoms with Crippen LogP contribution in [0.15, 0.2) is 65.8 Å². The number of halogens is 2. The molecule has 3 atom stereocenters. The van der Waals surface area contributed by atoms with E-state index in [0.29, 0.717) is 6.42 Å². The lowest BCUT2D eigenvalue weighted by Gasteiger charge is -2.46. The molecule has 0 amide bonds. The van der Waals surface area contributed by atoms with Crippen LogP contribution in [0.1, 0.15) is 37.5 Å². The number of hydrogen-bond donors (Lipinski definition) is 1. The molecule has 0 saturated heterocycles. The molecule has 32 heavy (non-hydrogen) atoms. The smallest absolute Gasteiger partial charge is 0.129 e. The Morgan fingerprint density at radius 2 is 1.81 bits per heavy atom. The first-order valence-electron chi connectivity index (χ1n) is 11.3. The Balaban J connectivity index is 1.70. The van der Waals surface area contributed by atoms with Crippen LogP contribution in [-0.2, 0) is 12.8 Å². The van der Waals surface area contributed by atoms with Gasteiger partial charge in [-0.25, -0.2) is 8.78 Å². The first-order valence-corrected chi connectivity index (χ1v) is 11.3. The number of nitrogens with one attached hydrogen (secondary N) is 1. The largest absolute Gasteiger partial charge is 0.496 e. The van der Waals surface area contributed by atoms with E-state index in [4.69, 9.17) is 4.74 Å². The summed E-state index contributed by atoms with van der Waals surface area (Å²) in [5, 5.41) is 3.74. The maximum Gasteiger partial charge on any atom is 0.129 e. The Bertz CT molecular complexity index is 1150. The fourth-order valence-corrected chi connectivity index (χ4v) is 6.01. The topological polar surface area (TPSA) is 21.3 Å². The van der Waals surface area contributed by atoms with Gasteiger partial charge in [0.25, 0.3) is 0 Å². The van der Waals surface area contributed by atoms with Gasteiger partial charge in [-0.1, -0.05) is 42.0 Å². The molecular formula is C28H29F2NO. The Hall–Kier alpha value is -2.72. The van der Waals surface area contributed by atoms with Crippen LogP contribution in [0.3, 0.4) is 0 Å². The highest BCUT2D eigenvalue weighted by atomic mass is 19.1. The van der Waals surface area contributed by atoms with E-state index >= 15 is 0 Å². The molecule has 0 spiro atoms. The van der Waals surface area contributed by atoms with Gasteiger partial charge < -0.3 is 10.1 Å². The summed E-state index contributed by atoms with van der Waals surface area (Å²) in [5.41, 5.74) is 6.04. The second-order valence-electron chi connectivity index (χ2n) is 9.79. The zero-order valence-corrected chi connectivity index (χ0v) is 19.0. The number of ether oxygens (including phenoxy) is 1. The van der Waals surface area contributed by atoms with Gasteiger partial charge in [-0.2, -0.15) is 0 Å². The molecule has 2 aromatic carbocycles. The van der Waals surface area contributed by atoms with Crippen molar-refractivity contribution in [2.75, 3.05) is 7.11 Å². The van der Waals surface area contributed by atoms with Crippen molar-refractivity contribution < 1.29 is 13.5 Å². The molecule has 2 aliphatic carbocycles. The lowest BCUT2D eigenvalue weighted by atomic mass is 9.64. The number of fused-ring (bicyclic) bond motifs is 4. The lowest BCUT2D eigenvalue weighted by molar-refractivity contribution is 0.339. The molecule has 0 radical (unpaired) electrons.